The van der Waals surface area contributed by atoms with Crippen molar-refractivity contribution >= 4 is 12.0 Å². The van der Waals surface area contributed by atoms with E-state index in [1.54, 1.807) is 19.4 Å². The molecule has 0 aliphatic rings. The zero-order chi connectivity index (χ0) is 17.2. The number of allylic oxidation sites excluding steroid dienone is 1. The first-order valence-corrected chi connectivity index (χ1v) is 7.83. The van der Waals surface area contributed by atoms with Crippen molar-refractivity contribution in [2.75, 3.05) is 20.3 Å². The fourth-order valence-corrected chi connectivity index (χ4v) is 2.17. The smallest absolute Gasteiger partial charge is 0.257 e. The monoisotopic (exact) mass is 326 g/mol. The molecule has 0 radical (unpaired) electrons. The van der Waals surface area contributed by atoms with E-state index >= 15 is 0 Å². The van der Waals surface area contributed by atoms with Crippen molar-refractivity contribution in [1.29, 1.82) is 0 Å². The minimum absolute atomic E-state index is 0.0540. The maximum absolute atomic E-state index is 11.9. The molecule has 1 aromatic carbocycles. The molecule has 1 N–H and O–H groups in total. The average molecular weight is 326 g/mol. The molecule has 1 heterocycles. The van der Waals surface area contributed by atoms with Gasteiger partial charge in [0.25, 0.3) is 5.91 Å². The number of carbonyl (C=O) groups excluding carboxylic acids is 1. The first kappa shape index (κ1) is 17.5. The van der Waals surface area contributed by atoms with Crippen LogP contribution in [0.2, 0.25) is 0 Å². The topological polar surface area (TPSA) is 60.5 Å². The highest BCUT2D eigenvalue weighted by Crippen LogP contribution is 2.28. The average Bonchev–Trinajstić information content (AvgIpc) is 2.61. The van der Waals surface area contributed by atoms with Crippen LogP contribution in [-0.2, 0) is 11.2 Å². The summed E-state index contributed by atoms with van der Waals surface area (Å²) in [6.45, 7) is 2.42. The number of methoxy groups -OCH3 is 1. The molecule has 0 aliphatic heterocycles. The molecule has 24 heavy (non-hydrogen) atoms. The van der Waals surface area contributed by atoms with Gasteiger partial charge in [-0.1, -0.05) is 24.3 Å². The Morgan fingerprint density at radius 1 is 1.25 bits per heavy atom. The number of rotatable bonds is 8. The number of nitrogens with one attached hydrogen (secondary N) is 1. The van der Waals surface area contributed by atoms with Crippen molar-refractivity contribution in [3.63, 3.8) is 0 Å². The molecular weight excluding hydrogens is 304 g/mol. The van der Waals surface area contributed by atoms with Gasteiger partial charge in [-0.2, -0.15) is 0 Å². The van der Waals surface area contributed by atoms with Crippen LogP contribution in [0.15, 0.2) is 48.7 Å². The quantitative estimate of drug-likeness (QED) is 0.810. The third kappa shape index (κ3) is 5.43. The molecule has 0 spiro atoms. The van der Waals surface area contributed by atoms with Gasteiger partial charge in [-0.25, -0.2) is 0 Å². The predicted molar refractivity (Wildman–Crippen MR) is 94.1 cm³/mol. The van der Waals surface area contributed by atoms with Crippen molar-refractivity contribution in [3.05, 3.63) is 59.9 Å². The van der Waals surface area contributed by atoms with Gasteiger partial charge in [-0.3, -0.25) is 9.78 Å². The molecule has 0 saturated heterocycles. The van der Waals surface area contributed by atoms with E-state index in [0.29, 0.717) is 24.5 Å². The normalized spacial score (nSPS) is 10.6. The molecule has 126 valence electrons. The third-order valence-electron chi connectivity index (χ3n) is 3.34. The van der Waals surface area contributed by atoms with Crippen LogP contribution in [0.1, 0.15) is 18.2 Å². The zero-order valence-corrected chi connectivity index (χ0v) is 14.0. The van der Waals surface area contributed by atoms with E-state index in [-0.39, 0.29) is 12.5 Å². The van der Waals surface area contributed by atoms with Crippen molar-refractivity contribution in [2.24, 2.45) is 0 Å². The number of benzene rings is 1. The van der Waals surface area contributed by atoms with Gasteiger partial charge in [-0.15, -0.1) is 0 Å². The lowest BCUT2D eigenvalue weighted by Crippen LogP contribution is -2.30. The molecule has 0 unspecified atom stereocenters. The Kier molecular flexibility index (Phi) is 6.83. The van der Waals surface area contributed by atoms with Crippen molar-refractivity contribution in [2.45, 2.75) is 13.3 Å². The molecular formula is C19H22N2O3. The summed E-state index contributed by atoms with van der Waals surface area (Å²) < 4.78 is 10.9. The van der Waals surface area contributed by atoms with Gasteiger partial charge < -0.3 is 14.8 Å². The van der Waals surface area contributed by atoms with Crippen molar-refractivity contribution < 1.29 is 14.3 Å². The maximum Gasteiger partial charge on any atom is 0.257 e. The molecule has 0 atom stereocenters. The van der Waals surface area contributed by atoms with Crippen LogP contribution >= 0.6 is 0 Å². The van der Waals surface area contributed by atoms with E-state index in [2.05, 4.69) is 10.3 Å². The summed E-state index contributed by atoms with van der Waals surface area (Å²) in [5.41, 5.74) is 1.96. The largest absolute Gasteiger partial charge is 0.493 e. The number of hydrogen-bond acceptors (Lipinski definition) is 4. The number of carbonyl (C=O) groups is 1. The van der Waals surface area contributed by atoms with Gasteiger partial charge in [-0.05, 0) is 36.8 Å². The summed E-state index contributed by atoms with van der Waals surface area (Å²) in [6, 6.07) is 11.3. The molecule has 0 saturated carbocycles. The molecule has 1 aromatic heterocycles. The minimum Gasteiger partial charge on any atom is -0.493 e. The van der Waals surface area contributed by atoms with Gasteiger partial charge in [0.05, 0.1) is 7.11 Å². The van der Waals surface area contributed by atoms with Crippen LogP contribution in [0.5, 0.6) is 11.5 Å². The van der Waals surface area contributed by atoms with Gasteiger partial charge in [0.1, 0.15) is 0 Å². The summed E-state index contributed by atoms with van der Waals surface area (Å²) in [5.74, 6) is 0.975. The highest BCUT2D eigenvalue weighted by Gasteiger charge is 2.08. The van der Waals surface area contributed by atoms with Crippen LogP contribution in [-0.4, -0.2) is 31.2 Å². The van der Waals surface area contributed by atoms with Gasteiger partial charge in [0.15, 0.2) is 18.1 Å². The Bertz CT molecular complexity index is 684. The van der Waals surface area contributed by atoms with E-state index in [1.807, 2.05) is 49.4 Å². The number of hydrogen-bond donors (Lipinski definition) is 1. The molecule has 2 rings (SSSR count). The Hall–Kier alpha value is -2.82. The molecule has 5 nitrogen and oxygen atoms in total. The summed E-state index contributed by atoms with van der Waals surface area (Å²) >= 11 is 0. The van der Waals surface area contributed by atoms with E-state index in [4.69, 9.17) is 9.47 Å². The first-order valence-electron chi connectivity index (χ1n) is 7.83. The van der Waals surface area contributed by atoms with Crippen molar-refractivity contribution in [1.82, 2.24) is 10.3 Å². The summed E-state index contributed by atoms with van der Waals surface area (Å²) in [4.78, 5) is 16.1. The number of ether oxygens (including phenoxy) is 2. The molecule has 0 aliphatic carbocycles. The Balaban J connectivity index is 1.81. The summed E-state index contributed by atoms with van der Waals surface area (Å²) in [7, 11) is 1.58. The Morgan fingerprint density at radius 3 is 2.83 bits per heavy atom. The number of amides is 1. The van der Waals surface area contributed by atoms with Crippen LogP contribution < -0.4 is 14.8 Å². The third-order valence-corrected chi connectivity index (χ3v) is 3.34. The standard InChI is InChI=1S/C19H22N2O3/c1-3-6-15-8-9-17(18(13-15)23-2)24-14-19(22)21-12-10-16-7-4-5-11-20-16/h3-9,11,13H,10,12,14H2,1-2H3,(H,21,22). The second-order valence-electron chi connectivity index (χ2n) is 5.12. The minimum atomic E-state index is -0.175. The lowest BCUT2D eigenvalue weighted by molar-refractivity contribution is -0.123. The van der Waals surface area contributed by atoms with Crippen molar-refractivity contribution in [3.8, 4) is 11.5 Å². The number of aromatic nitrogens is 1. The lowest BCUT2D eigenvalue weighted by atomic mass is 10.2. The van der Waals surface area contributed by atoms with E-state index in [1.165, 1.54) is 0 Å². The van der Waals surface area contributed by atoms with Crippen LogP contribution in [0.25, 0.3) is 6.08 Å². The maximum atomic E-state index is 11.9. The van der Waals surface area contributed by atoms with E-state index in [9.17, 15) is 4.79 Å². The van der Waals surface area contributed by atoms with E-state index in [0.717, 1.165) is 11.3 Å². The molecule has 1 amide bonds. The highest BCUT2D eigenvalue weighted by atomic mass is 16.5. The highest BCUT2D eigenvalue weighted by molar-refractivity contribution is 5.77. The van der Waals surface area contributed by atoms with Gasteiger partial charge in [0.2, 0.25) is 0 Å². The van der Waals surface area contributed by atoms with E-state index < -0.39 is 0 Å². The summed E-state index contributed by atoms with van der Waals surface area (Å²) in [5, 5.41) is 2.81. The first-order chi connectivity index (χ1) is 11.7. The van der Waals surface area contributed by atoms with Gasteiger partial charge >= 0.3 is 0 Å². The molecule has 0 bridgehead atoms. The van der Waals surface area contributed by atoms with Gasteiger partial charge in [0, 0.05) is 24.9 Å². The SMILES string of the molecule is CC=Cc1ccc(OCC(=O)NCCc2ccccn2)c(OC)c1. The zero-order valence-electron chi connectivity index (χ0n) is 14.0. The predicted octanol–water partition coefficient (Wildman–Crippen LogP) is 2.86. The number of nitrogens with zero attached hydrogens (tertiary/aromatic N) is 1. The molecule has 0 fully saturated rings. The second-order valence-corrected chi connectivity index (χ2v) is 5.12. The van der Waals surface area contributed by atoms with Crippen LogP contribution in [0.3, 0.4) is 0 Å². The van der Waals surface area contributed by atoms with Crippen LogP contribution in [0.4, 0.5) is 0 Å². The Morgan fingerprint density at radius 2 is 2.12 bits per heavy atom. The lowest BCUT2D eigenvalue weighted by Gasteiger charge is -2.11. The fourth-order valence-electron chi connectivity index (χ4n) is 2.17. The fraction of sp³-hybridized carbons (Fsp3) is 0.263. The Labute approximate surface area is 142 Å². The summed E-state index contributed by atoms with van der Waals surface area (Å²) in [6.07, 6.45) is 6.35. The molecule has 5 heteroatoms. The number of pyridine rings is 1. The molecule has 2 aromatic rings. The van der Waals surface area contributed by atoms with Crippen LogP contribution in [0, 0.1) is 0 Å². The second kappa shape index (κ2) is 9.35.